The van der Waals surface area contributed by atoms with Gasteiger partial charge in [0.2, 0.25) is 0 Å². The molecule has 1 atom stereocenters. The van der Waals surface area contributed by atoms with Gasteiger partial charge in [-0.15, -0.1) is 0 Å². The van der Waals surface area contributed by atoms with E-state index in [1.54, 1.807) is 0 Å². The lowest BCUT2D eigenvalue weighted by atomic mass is 10.1. The highest BCUT2D eigenvalue weighted by molar-refractivity contribution is 5.71. The topological polar surface area (TPSA) is 78.9 Å². The van der Waals surface area contributed by atoms with Crippen LogP contribution in [0, 0.1) is 0 Å². The van der Waals surface area contributed by atoms with E-state index in [1.807, 2.05) is 60.8 Å². The summed E-state index contributed by atoms with van der Waals surface area (Å²) in [4.78, 5) is 37.8. The van der Waals surface area contributed by atoms with Crippen molar-refractivity contribution in [1.82, 2.24) is 0 Å². The molecule has 0 rings (SSSR count). The monoisotopic (exact) mass is 817 g/mol. The summed E-state index contributed by atoms with van der Waals surface area (Å²) in [6, 6.07) is 0. The molecular weight excluding hydrogens is 733 g/mol. The maximum atomic E-state index is 12.7. The second-order valence-electron chi connectivity index (χ2n) is 15.1. The van der Waals surface area contributed by atoms with Gasteiger partial charge in [-0.1, -0.05) is 220 Å². The van der Waals surface area contributed by atoms with Crippen LogP contribution in [0.5, 0.6) is 0 Å². The van der Waals surface area contributed by atoms with Crippen LogP contribution in [0.25, 0.3) is 0 Å². The Morgan fingerprint density at radius 3 is 1.05 bits per heavy atom. The van der Waals surface area contributed by atoms with Crippen molar-refractivity contribution in [1.29, 1.82) is 0 Å². The van der Waals surface area contributed by atoms with Crippen LogP contribution in [0.15, 0.2) is 109 Å². The van der Waals surface area contributed by atoms with Crippen LogP contribution in [0.2, 0.25) is 0 Å². The third-order valence-electron chi connectivity index (χ3n) is 9.50. The predicted molar refractivity (Wildman–Crippen MR) is 251 cm³/mol. The molecule has 0 bridgehead atoms. The molecule has 0 aliphatic rings. The van der Waals surface area contributed by atoms with Crippen molar-refractivity contribution < 1.29 is 28.6 Å². The summed E-state index contributed by atoms with van der Waals surface area (Å²) >= 11 is 0. The normalized spacial score (nSPS) is 13.1. The maximum Gasteiger partial charge on any atom is 0.306 e. The van der Waals surface area contributed by atoms with Gasteiger partial charge >= 0.3 is 17.9 Å². The summed E-state index contributed by atoms with van der Waals surface area (Å²) in [5, 5.41) is 0. The molecule has 0 aliphatic carbocycles. The first kappa shape index (κ1) is 55.1. The first-order chi connectivity index (χ1) is 29.0. The van der Waals surface area contributed by atoms with Crippen LogP contribution in [0.4, 0.5) is 0 Å². The lowest BCUT2D eigenvalue weighted by Crippen LogP contribution is -2.30. The van der Waals surface area contributed by atoms with Crippen LogP contribution in [0.1, 0.15) is 188 Å². The molecule has 0 aliphatic heterocycles. The molecular formula is C53H84O6. The zero-order chi connectivity index (χ0) is 43.0. The van der Waals surface area contributed by atoms with Crippen molar-refractivity contribution in [3.8, 4) is 0 Å². The fourth-order valence-corrected chi connectivity index (χ4v) is 6.00. The Kier molecular flexibility index (Phi) is 43.6. The van der Waals surface area contributed by atoms with E-state index in [0.717, 1.165) is 89.9 Å². The molecule has 0 heterocycles. The van der Waals surface area contributed by atoms with Crippen LogP contribution < -0.4 is 0 Å². The SMILES string of the molecule is CC\C=C/C=C\C=C/C=C\C=C\C=C/CCCCCC(=O)OCC(COC(=O)CCCCCCCCCCC)OC(=O)CCCCCCCCC\C=C/C=C\C=C/CC. The molecule has 0 radical (unpaired) electrons. The van der Waals surface area contributed by atoms with Crippen molar-refractivity contribution >= 4 is 17.9 Å². The summed E-state index contributed by atoms with van der Waals surface area (Å²) in [5.41, 5.74) is 0. The number of rotatable bonds is 40. The molecule has 0 N–H and O–H groups in total. The molecule has 0 amide bonds. The largest absolute Gasteiger partial charge is 0.462 e. The Morgan fingerprint density at radius 2 is 0.661 bits per heavy atom. The van der Waals surface area contributed by atoms with Gasteiger partial charge in [-0.3, -0.25) is 14.4 Å². The first-order valence-corrected chi connectivity index (χ1v) is 23.5. The maximum absolute atomic E-state index is 12.7. The van der Waals surface area contributed by atoms with Gasteiger partial charge in [0.15, 0.2) is 6.10 Å². The summed E-state index contributed by atoms with van der Waals surface area (Å²) in [5.74, 6) is -0.969. The minimum Gasteiger partial charge on any atom is -0.462 e. The highest BCUT2D eigenvalue weighted by Crippen LogP contribution is 2.13. The Labute approximate surface area is 361 Å². The van der Waals surface area contributed by atoms with Crippen molar-refractivity contribution in [2.75, 3.05) is 13.2 Å². The number of ether oxygens (including phenoxy) is 3. The molecule has 0 spiro atoms. The van der Waals surface area contributed by atoms with Gasteiger partial charge in [0.25, 0.3) is 0 Å². The molecule has 1 unspecified atom stereocenters. The Balaban J connectivity index is 4.49. The van der Waals surface area contributed by atoms with E-state index in [0.29, 0.717) is 19.3 Å². The fourth-order valence-electron chi connectivity index (χ4n) is 6.00. The molecule has 0 aromatic heterocycles. The molecule has 332 valence electrons. The second kappa shape index (κ2) is 46.8. The van der Waals surface area contributed by atoms with E-state index < -0.39 is 6.10 Å². The summed E-state index contributed by atoms with van der Waals surface area (Å²) in [7, 11) is 0. The zero-order valence-corrected chi connectivity index (χ0v) is 37.7. The van der Waals surface area contributed by atoms with E-state index in [2.05, 4.69) is 69.4 Å². The number of carbonyl (C=O) groups is 3. The van der Waals surface area contributed by atoms with Gasteiger partial charge in [-0.2, -0.15) is 0 Å². The average molecular weight is 817 g/mol. The van der Waals surface area contributed by atoms with Gasteiger partial charge < -0.3 is 14.2 Å². The third-order valence-corrected chi connectivity index (χ3v) is 9.50. The summed E-state index contributed by atoms with van der Waals surface area (Å²) < 4.78 is 16.7. The van der Waals surface area contributed by atoms with Crippen LogP contribution in [-0.2, 0) is 28.6 Å². The molecule has 0 saturated carbocycles. The van der Waals surface area contributed by atoms with E-state index in [4.69, 9.17) is 14.2 Å². The predicted octanol–water partition coefficient (Wildman–Crippen LogP) is 15.2. The molecule has 0 saturated heterocycles. The number of hydrogen-bond acceptors (Lipinski definition) is 6. The average Bonchev–Trinajstić information content (AvgIpc) is 3.23. The lowest BCUT2D eigenvalue weighted by molar-refractivity contribution is -0.167. The van der Waals surface area contributed by atoms with Crippen molar-refractivity contribution in [2.45, 2.75) is 194 Å². The van der Waals surface area contributed by atoms with Gasteiger partial charge in [0.1, 0.15) is 13.2 Å². The highest BCUT2D eigenvalue weighted by atomic mass is 16.6. The minimum absolute atomic E-state index is 0.0990. The number of allylic oxidation sites excluding steroid dienone is 18. The first-order valence-electron chi connectivity index (χ1n) is 23.5. The number of carbonyl (C=O) groups excluding carboxylic acids is 3. The molecule has 6 nitrogen and oxygen atoms in total. The summed E-state index contributed by atoms with van der Waals surface area (Å²) in [6.45, 7) is 6.27. The number of hydrogen-bond donors (Lipinski definition) is 0. The Bertz CT molecular complexity index is 1260. The number of esters is 3. The van der Waals surface area contributed by atoms with E-state index in [9.17, 15) is 14.4 Å². The summed E-state index contributed by atoms with van der Waals surface area (Å²) in [6.07, 6.45) is 62.1. The van der Waals surface area contributed by atoms with E-state index in [-0.39, 0.29) is 31.1 Å². The van der Waals surface area contributed by atoms with Crippen LogP contribution in [0.3, 0.4) is 0 Å². The Morgan fingerprint density at radius 1 is 0.356 bits per heavy atom. The van der Waals surface area contributed by atoms with Gasteiger partial charge in [0, 0.05) is 19.3 Å². The van der Waals surface area contributed by atoms with Gasteiger partial charge in [0.05, 0.1) is 0 Å². The zero-order valence-electron chi connectivity index (χ0n) is 37.7. The van der Waals surface area contributed by atoms with Gasteiger partial charge in [-0.25, -0.2) is 0 Å². The Hall–Kier alpha value is -3.93. The minimum atomic E-state index is -0.801. The number of unbranched alkanes of at least 4 members (excludes halogenated alkanes) is 18. The standard InChI is InChI=1S/C53H84O6/c1-4-7-10-13-16-19-21-23-25-26-28-29-31-34-37-40-43-46-52(55)58-49-50(48-57-51(54)45-42-39-36-33-18-15-12-9-6-3)59-53(56)47-44-41-38-35-32-30-27-24-22-20-17-14-11-8-5-2/h7-8,10-11,13-14,16-17,19-23,25-26,28-29,31,50H,4-6,9,12,15,18,24,27,30,32-49H2,1-3H3/b10-7-,11-8-,16-13-,17-14-,21-19-,22-20-,25-23-,28-26+,31-29-. The van der Waals surface area contributed by atoms with Crippen molar-refractivity contribution in [2.24, 2.45) is 0 Å². The van der Waals surface area contributed by atoms with E-state index >= 15 is 0 Å². The van der Waals surface area contributed by atoms with E-state index in [1.165, 1.54) is 57.8 Å². The smallest absolute Gasteiger partial charge is 0.306 e. The lowest BCUT2D eigenvalue weighted by Gasteiger charge is -2.18. The van der Waals surface area contributed by atoms with Crippen molar-refractivity contribution in [3.63, 3.8) is 0 Å². The molecule has 0 fully saturated rings. The second-order valence-corrected chi connectivity index (χ2v) is 15.1. The van der Waals surface area contributed by atoms with Crippen LogP contribution in [-0.4, -0.2) is 37.2 Å². The van der Waals surface area contributed by atoms with Crippen LogP contribution >= 0.6 is 0 Å². The molecule has 6 heteroatoms. The highest BCUT2D eigenvalue weighted by Gasteiger charge is 2.19. The fraction of sp³-hybridized carbons (Fsp3) is 0.604. The third kappa shape index (κ3) is 45.0. The van der Waals surface area contributed by atoms with Crippen molar-refractivity contribution in [3.05, 3.63) is 109 Å². The molecule has 0 aromatic carbocycles. The molecule has 0 aromatic rings. The molecule has 59 heavy (non-hydrogen) atoms. The quantitative estimate of drug-likeness (QED) is 0.0265. The van der Waals surface area contributed by atoms with Gasteiger partial charge in [-0.05, 0) is 57.8 Å².